The number of ether oxygens (including phenoxy) is 1. The number of nitrogens with zero attached hydrogens (tertiary/aromatic N) is 3. The Balaban J connectivity index is 1.45. The lowest BCUT2D eigenvalue weighted by atomic mass is 10.2. The fraction of sp³-hybridized carbons (Fsp3) is 0.222. The van der Waals surface area contributed by atoms with Crippen LogP contribution in [0.3, 0.4) is 0 Å². The van der Waals surface area contributed by atoms with E-state index in [1.807, 2.05) is 0 Å². The molecule has 1 aliphatic rings. The zero-order valence-corrected chi connectivity index (χ0v) is 14.8. The van der Waals surface area contributed by atoms with Gasteiger partial charge in [-0.25, -0.2) is 4.79 Å². The third-order valence-corrected chi connectivity index (χ3v) is 4.39. The number of carbonyl (C=O) groups excluding carboxylic acids is 2. The van der Waals surface area contributed by atoms with Crippen LogP contribution >= 0.6 is 11.6 Å². The molecule has 0 aliphatic carbocycles. The van der Waals surface area contributed by atoms with E-state index < -0.39 is 5.97 Å². The molecule has 1 aromatic carbocycles. The van der Waals surface area contributed by atoms with Crippen molar-refractivity contribution in [3.63, 3.8) is 0 Å². The third kappa shape index (κ3) is 3.56. The molecule has 0 spiro atoms. The number of furan rings is 1. The maximum Gasteiger partial charge on any atom is 0.338 e. The standard InChI is InChI=1S/C18H14ClN3O5/c19-12-6-5-11(9-13(12)22-7-1-4-16(22)23)18(24)26-10-15-20-21-17(27-15)14-3-2-8-25-14/h2-3,5-6,8-9H,1,4,7,10H2. The highest BCUT2D eigenvalue weighted by molar-refractivity contribution is 6.34. The SMILES string of the molecule is O=C(OCc1nnc(-c2ccco2)o1)c1ccc(Cl)c(N2CCCC2=O)c1. The molecule has 1 saturated heterocycles. The highest BCUT2D eigenvalue weighted by atomic mass is 35.5. The van der Waals surface area contributed by atoms with Crippen molar-refractivity contribution >= 4 is 29.2 Å². The van der Waals surface area contributed by atoms with E-state index in [0.29, 0.717) is 29.4 Å². The second-order valence-corrected chi connectivity index (χ2v) is 6.28. The quantitative estimate of drug-likeness (QED) is 0.618. The number of hydrogen-bond acceptors (Lipinski definition) is 7. The second kappa shape index (κ2) is 7.24. The number of esters is 1. The van der Waals surface area contributed by atoms with Crippen LogP contribution in [-0.4, -0.2) is 28.6 Å². The molecule has 27 heavy (non-hydrogen) atoms. The van der Waals surface area contributed by atoms with Crippen LogP contribution in [-0.2, 0) is 16.1 Å². The van der Waals surface area contributed by atoms with Gasteiger partial charge in [0.1, 0.15) is 0 Å². The molecule has 0 unspecified atom stereocenters. The number of halogens is 1. The van der Waals surface area contributed by atoms with E-state index in [-0.39, 0.29) is 29.9 Å². The van der Waals surface area contributed by atoms with E-state index in [1.165, 1.54) is 12.3 Å². The van der Waals surface area contributed by atoms with Crippen LogP contribution in [0, 0.1) is 0 Å². The molecule has 1 aliphatic heterocycles. The largest absolute Gasteiger partial charge is 0.459 e. The average Bonchev–Trinajstić information content (AvgIpc) is 3.41. The van der Waals surface area contributed by atoms with Crippen molar-refractivity contribution in [2.45, 2.75) is 19.4 Å². The van der Waals surface area contributed by atoms with Crippen LogP contribution in [0.1, 0.15) is 29.1 Å². The zero-order chi connectivity index (χ0) is 18.8. The van der Waals surface area contributed by atoms with E-state index in [9.17, 15) is 9.59 Å². The molecule has 0 radical (unpaired) electrons. The Bertz CT molecular complexity index is 983. The molecule has 138 valence electrons. The van der Waals surface area contributed by atoms with Crippen LogP contribution in [0.4, 0.5) is 5.69 Å². The number of hydrogen-bond donors (Lipinski definition) is 0. The summed E-state index contributed by atoms with van der Waals surface area (Å²) in [6.45, 7) is 0.391. The molecule has 9 heteroatoms. The average molecular weight is 388 g/mol. The van der Waals surface area contributed by atoms with Crippen molar-refractivity contribution in [1.82, 2.24) is 10.2 Å². The number of aromatic nitrogens is 2. The van der Waals surface area contributed by atoms with Gasteiger partial charge in [0.2, 0.25) is 5.91 Å². The topological polar surface area (TPSA) is 98.7 Å². The van der Waals surface area contributed by atoms with Gasteiger partial charge in [-0.1, -0.05) is 11.6 Å². The molecule has 2 aromatic heterocycles. The van der Waals surface area contributed by atoms with Gasteiger partial charge in [0, 0.05) is 13.0 Å². The van der Waals surface area contributed by atoms with Gasteiger partial charge < -0.3 is 18.5 Å². The minimum Gasteiger partial charge on any atom is -0.459 e. The lowest BCUT2D eigenvalue weighted by Gasteiger charge is -2.18. The Morgan fingerprint density at radius 3 is 2.93 bits per heavy atom. The van der Waals surface area contributed by atoms with Crippen molar-refractivity contribution in [3.05, 3.63) is 53.1 Å². The first-order valence-corrected chi connectivity index (χ1v) is 8.63. The summed E-state index contributed by atoms with van der Waals surface area (Å²) < 4.78 is 15.8. The summed E-state index contributed by atoms with van der Waals surface area (Å²) in [7, 11) is 0. The minimum absolute atomic E-state index is 0.0151. The molecular weight excluding hydrogens is 374 g/mol. The number of amides is 1. The highest BCUT2D eigenvalue weighted by Gasteiger charge is 2.25. The lowest BCUT2D eigenvalue weighted by molar-refractivity contribution is -0.117. The summed E-state index contributed by atoms with van der Waals surface area (Å²) in [5.41, 5.74) is 0.784. The first-order chi connectivity index (χ1) is 13.1. The van der Waals surface area contributed by atoms with E-state index in [2.05, 4.69) is 10.2 Å². The van der Waals surface area contributed by atoms with E-state index in [1.54, 1.807) is 29.2 Å². The molecule has 1 amide bonds. The maximum atomic E-state index is 12.3. The fourth-order valence-corrected chi connectivity index (χ4v) is 2.99. The van der Waals surface area contributed by atoms with Gasteiger partial charge in [0.15, 0.2) is 12.4 Å². The van der Waals surface area contributed by atoms with Crippen LogP contribution in [0.15, 0.2) is 45.4 Å². The maximum absolute atomic E-state index is 12.3. The van der Waals surface area contributed by atoms with Crippen LogP contribution in [0.25, 0.3) is 11.7 Å². The summed E-state index contributed by atoms with van der Waals surface area (Å²) in [6.07, 6.45) is 2.72. The van der Waals surface area contributed by atoms with Crippen molar-refractivity contribution in [1.29, 1.82) is 0 Å². The molecule has 8 nitrogen and oxygen atoms in total. The Kier molecular flexibility index (Phi) is 4.64. The van der Waals surface area contributed by atoms with Crippen LogP contribution in [0.5, 0.6) is 0 Å². The number of rotatable bonds is 5. The number of anilines is 1. The van der Waals surface area contributed by atoms with Crippen molar-refractivity contribution in [2.24, 2.45) is 0 Å². The zero-order valence-electron chi connectivity index (χ0n) is 14.1. The normalized spacial score (nSPS) is 14.0. The number of benzene rings is 1. The van der Waals surface area contributed by atoms with Gasteiger partial charge >= 0.3 is 5.97 Å². The summed E-state index contributed by atoms with van der Waals surface area (Å²) in [4.78, 5) is 25.8. The van der Waals surface area contributed by atoms with Gasteiger partial charge in [-0.2, -0.15) is 0 Å². The molecule has 0 bridgehead atoms. The third-order valence-electron chi connectivity index (χ3n) is 4.07. The van der Waals surface area contributed by atoms with E-state index >= 15 is 0 Å². The van der Waals surface area contributed by atoms with Crippen LogP contribution < -0.4 is 4.90 Å². The second-order valence-electron chi connectivity index (χ2n) is 5.87. The van der Waals surface area contributed by atoms with Gasteiger partial charge in [0.05, 0.1) is 22.5 Å². The fourth-order valence-electron chi connectivity index (χ4n) is 2.77. The summed E-state index contributed by atoms with van der Waals surface area (Å²) in [5.74, 6) is 0.166. The van der Waals surface area contributed by atoms with E-state index in [4.69, 9.17) is 25.2 Å². The Morgan fingerprint density at radius 2 is 2.19 bits per heavy atom. The molecule has 0 saturated carbocycles. The smallest absolute Gasteiger partial charge is 0.338 e. The monoisotopic (exact) mass is 387 g/mol. The summed E-state index contributed by atoms with van der Waals surface area (Å²) in [6, 6.07) is 8.04. The Hall–Kier alpha value is -3.13. The molecule has 0 N–H and O–H groups in total. The van der Waals surface area contributed by atoms with Gasteiger partial charge in [-0.3, -0.25) is 4.79 Å². The Labute approximate surface area is 158 Å². The molecule has 3 aromatic rings. The van der Waals surface area contributed by atoms with Gasteiger partial charge in [0.25, 0.3) is 11.8 Å². The molecule has 0 atom stereocenters. The summed E-state index contributed by atoms with van der Waals surface area (Å²) in [5, 5.41) is 8.05. The first-order valence-electron chi connectivity index (χ1n) is 8.25. The van der Waals surface area contributed by atoms with Crippen molar-refractivity contribution in [2.75, 3.05) is 11.4 Å². The molecular formula is C18H14ClN3O5. The predicted octanol–water partition coefficient (Wildman–Crippen LogP) is 3.47. The van der Waals surface area contributed by atoms with Crippen molar-refractivity contribution < 1.29 is 23.2 Å². The lowest BCUT2D eigenvalue weighted by Crippen LogP contribution is -2.24. The summed E-state index contributed by atoms with van der Waals surface area (Å²) >= 11 is 6.18. The predicted molar refractivity (Wildman–Crippen MR) is 94.2 cm³/mol. The van der Waals surface area contributed by atoms with Crippen LogP contribution in [0.2, 0.25) is 5.02 Å². The van der Waals surface area contributed by atoms with Crippen molar-refractivity contribution in [3.8, 4) is 11.7 Å². The Morgan fingerprint density at radius 1 is 1.30 bits per heavy atom. The molecule has 3 heterocycles. The first kappa shape index (κ1) is 17.3. The molecule has 1 fully saturated rings. The van der Waals surface area contributed by atoms with Gasteiger partial charge in [-0.05, 0) is 36.8 Å². The van der Waals surface area contributed by atoms with Gasteiger partial charge in [-0.15, -0.1) is 10.2 Å². The molecule has 4 rings (SSSR count). The van der Waals surface area contributed by atoms with E-state index in [0.717, 1.165) is 6.42 Å². The minimum atomic E-state index is -0.586. The number of carbonyl (C=O) groups is 2. The highest BCUT2D eigenvalue weighted by Crippen LogP contribution is 2.30.